The average molecular weight is 561 g/mol. The number of hydrogen-bond acceptors (Lipinski definition) is 5. The lowest BCUT2D eigenvalue weighted by molar-refractivity contribution is -0.274. The Labute approximate surface area is 214 Å². The molecule has 204 valence electrons. The van der Waals surface area contributed by atoms with E-state index >= 15 is 0 Å². The summed E-state index contributed by atoms with van der Waals surface area (Å²) in [6, 6.07) is 5.53. The second kappa shape index (κ2) is 10.1. The predicted molar refractivity (Wildman–Crippen MR) is 125 cm³/mol. The quantitative estimate of drug-likeness (QED) is 0.362. The van der Waals surface area contributed by atoms with Crippen molar-refractivity contribution < 1.29 is 39.5 Å². The number of fused-ring (bicyclic) bond motifs is 1. The Morgan fingerprint density at radius 3 is 2.34 bits per heavy atom. The van der Waals surface area contributed by atoms with Gasteiger partial charge in [0.15, 0.2) is 0 Å². The number of nitriles is 1. The van der Waals surface area contributed by atoms with Crippen LogP contribution in [0.3, 0.4) is 0 Å². The van der Waals surface area contributed by atoms with Crippen molar-refractivity contribution in [3.05, 3.63) is 42.1 Å². The smallest absolute Gasteiger partial charge is 0.406 e. The van der Waals surface area contributed by atoms with Gasteiger partial charge in [0.1, 0.15) is 22.8 Å². The van der Waals surface area contributed by atoms with Crippen molar-refractivity contribution in [2.24, 2.45) is 0 Å². The highest BCUT2D eigenvalue weighted by atomic mass is 32.2. The summed E-state index contributed by atoms with van der Waals surface area (Å²) < 4.78 is 109. The van der Waals surface area contributed by atoms with Crippen LogP contribution in [0, 0.1) is 11.3 Å². The predicted octanol–water partition coefficient (Wildman–Crippen LogP) is 6.21. The summed E-state index contributed by atoms with van der Waals surface area (Å²) in [6.45, 7) is 0.665. The fraction of sp³-hybridized carbons (Fsp3) is 0.417. The first-order chi connectivity index (χ1) is 17.7. The van der Waals surface area contributed by atoms with Gasteiger partial charge in [0.2, 0.25) is 10.0 Å². The zero-order chi connectivity index (χ0) is 27.9. The highest BCUT2D eigenvalue weighted by Crippen LogP contribution is 2.41. The van der Waals surface area contributed by atoms with Crippen LogP contribution in [0.1, 0.15) is 50.6 Å². The van der Waals surface area contributed by atoms with E-state index in [1.807, 2.05) is 0 Å². The second-order valence-corrected chi connectivity index (χ2v) is 10.7. The van der Waals surface area contributed by atoms with Gasteiger partial charge in [0.25, 0.3) is 0 Å². The Hall–Kier alpha value is -3.31. The van der Waals surface area contributed by atoms with Crippen molar-refractivity contribution in [3.8, 4) is 23.2 Å². The molecule has 1 aliphatic carbocycles. The second-order valence-electron chi connectivity index (χ2n) is 8.99. The average Bonchev–Trinajstić information content (AvgIpc) is 3.16. The van der Waals surface area contributed by atoms with Crippen molar-refractivity contribution in [2.45, 2.75) is 68.5 Å². The summed E-state index contributed by atoms with van der Waals surface area (Å²) in [5.74, 6) is -0.463. The maximum Gasteiger partial charge on any atom is 0.573 e. The van der Waals surface area contributed by atoms with Crippen LogP contribution in [-0.4, -0.2) is 36.5 Å². The monoisotopic (exact) mass is 560 g/mol. The number of benzene rings is 1. The number of sulfonamides is 1. The van der Waals surface area contributed by atoms with Crippen LogP contribution in [-0.2, 0) is 10.0 Å². The van der Waals surface area contributed by atoms with Gasteiger partial charge in [-0.25, -0.2) is 8.42 Å². The molecule has 1 saturated carbocycles. The number of aromatic nitrogens is 2. The lowest BCUT2D eigenvalue weighted by Gasteiger charge is -2.26. The lowest BCUT2D eigenvalue weighted by Crippen LogP contribution is -2.42. The summed E-state index contributed by atoms with van der Waals surface area (Å²) in [4.78, 5) is 3.63. The molecule has 14 heteroatoms. The SMILES string of the molecule is C[C@H](NS(=O)(=O)c1ccc(-c2c(C#N)c3ccc(OC(F)(F)F)cc3n2C2CCCCC2)nc1)C(F)(F)F. The Kier molecular flexibility index (Phi) is 7.37. The molecule has 3 aromatic rings. The number of halogens is 6. The molecular weight excluding hydrogens is 538 g/mol. The molecule has 4 rings (SSSR count). The van der Waals surface area contributed by atoms with E-state index in [1.54, 1.807) is 9.29 Å². The van der Waals surface area contributed by atoms with Crippen molar-refractivity contribution in [3.63, 3.8) is 0 Å². The normalized spacial score (nSPS) is 16.4. The molecule has 0 aliphatic heterocycles. The summed E-state index contributed by atoms with van der Waals surface area (Å²) in [7, 11) is -4.56. The molecule has 7 nitrogen and oxygen atoms in total. The van der Waals surface area contributed by atoms with E-state index in [4.69, 9.17) is 0 Å². The van der Waals surface area contributed by atoms with Gasteiger partial charge in [0, 0.05) is 23.7 Å². The highest BCUT2D eigenvalue weighted by Gasteiger charge is 2.39. The molecule has 1 N–H and O–H groups in total. The Morgan fingerprint density at radius 1 is 1.11 bits per heavy atom. The molecule has 0 bridgehead atoms. The van der Waals surface area contributed by atoms with Gasteiger partial charge in [-0.3, -0.25) is 4.98 Å². The zero-order valence-electron chi connectivity index (χ0n) is 19.9. The summed E-state index contributed by atoms with van der Waals surface area (Å²) >= 11 is 0. The van der Waals surface area contributed by atoms with Crippen molar-refractivity contribution in [2.75, 3.05) is 0 Å². The van der Waals surface area contributed by atoms with Crippen molar-refractivity contribution >= 4 is 20.9 Å². The molecule has 38 heavy (non-hydrogen) atoms. The van der Waals surface area contributed by atoms with Crippen LogP contribution >= 0.6 is 0 Å². The first-order valence-corrected chi connectivity index (χ1v) is 13.1. The molecule has 0 unspecified atom stereocenters. The molecule has 1 aromatic carbocycles. The van der Waals surface area contributed by atoms with Crippen LogP contribution < -0.4 is 9.46 Å². The maximum atomic E-state index is 12.9. The number of hydrogen-bond donors (Lipinski definition) is 1. The van der Waals surface area contributed by atoms with Crippen molar-refractivity contribution in [1.82, 2.24) is 14.3 Å². The topological polar surface area (TPSA) is 97.0 Å². The fourth-order valence-electron chi connectivity index (χ4n) is 4.62. The van der Waals surface area contributed by atoms with Gasteiger partial charge in [-0.2, -0.15) is 23.2 Å². The molecular formula is C24H22F6N4O3S. The van der Waals surface area contributed by atoms with E-state index in [2.05, 4.69) is 15.8 Å². The minimum Gasteiger partial charge on any atom is -0.406 e. The molecule has 1 atom stereocenters. The molecule has 0 radical (unpaired) electrons. The van der Waals surface area contributed by atoms with Crippen molar-refractivity contribution in [1.29, 1.82) is 5.26 Å². The van der Waals surface area contributed by atoms with Crippen LogP contribution in [0.2, 0.25) is 0 Å². The number of pyridine rings is 1. The Balaban J connectivity index is 1.84. The first kappa shape index (κ1) is 27.7. The molecule has 0 spiro atoms. The molecule has 0 amide bonds. The number of ether oxygens (including phenoxy) is 1. The van der Waals surface area contributed by atoms with E-state index < -0.39 is 39.2 Å². The van der Waals surface area contributed by atoms with Gasteiger partial charge < -0.3 is 9.30 Å². The first-order valence-electron chi connectivity index (χ1n) is 11.6. The van der Waals surface area contributed by atoms with Gasteiger partial charge >= 0.3 is 12.5 Å². The third-order valence-corrected chi connectivity index (χ3v) is 7.90. The summed E-state index contributed by atoms with van der Waals surface area (Å²) in [6.07, 6.45) is -4.75. The minimum absolute atomic E-state index is 0.121. The number of nitrogens with zero attached hydrogens (tertiary/aromatic N) is 3. The Bertz CT molecular complexity index is 1470. The highest BCUT2D eigenvalue weighted by molar-refractivity contribution is 7.89. The van der Waals surface area contributed by atoms with E-state index in [9.17, 15) is 40.0 Å². The van der Waals surface area contributed by atoms with E-state index in [0.717, 1.165) is 37.6 Å². The third kappa shape index (κ3) is 5.73. The molecule has 2 heterocycles. The van der Waals surface area contributed by atoms with Gasteiger partial charge in [-0.15, -0.1) is 13.2 Å². The molecule has 1 fully saturated rings. The standard InChI is InChI=1S/C24H22F6N4O3S/c1-14(23(25,26)27)33-38(35,36)17-8-10-20(32-13-17)22-19(12-31)18-9-7-16(37-24(28,29)30)11-21(18)34(22)15-5-3-2-4-6-15/h7-11,13-15,33H,2-6H2,1H3/t14-/m0/s1. The number of nitrogens with one attached hydrogen (secondary N) is 1. The zero-order valence-corrected chi connectivity index (χ0v) is 20.7. The lowest BCUT2D eigenvalue weighted by atomic mass is 9.95. The third-order valence-electron chi connectivity index (χ3n) is 6.37. The molecule has 2 aromatic heterocycles. The summed E-state index contributed by atoms with van der Waals surface area (Å²) in [5.41, 5.74) is 0.865. The van der Waals surface area contributed by atoms with E-state index in [-0.39, 0.29) is 23.0 Å². The van der Waals surface area contributed by atoms with Crippen LogP contribution in [0.4, 0.5) is 26.3 Å². The number of alkyl halides is 6. The van der Waals surface area contributed by atoms with E-state index in [1.165, 1.54) is 18.2 Å². The van der Waals surface area contributed by atoms with Gasteiger partial charge in [-0.05, 0) is 44.0 Å². The number of rotatable bonds is 6. The van der Waals surface area contributed by atoms with Crippen LogP contribution in [0.25, 0.3) is 22.3 Å². The minimum atomic E-state index is -4.92. The van der Waals surface area contributed by atoms with E-state index in [0.29, 0.717) is 30.7 Å². The van der Waals surface area contributed by atoms with Crippen LogP contribution in [0.5, 0.6) is 5.75 Å². The van der Waals surface area contributed by atoms with Gasteiger partial charge in [-0.1, -0.05) is 19.3 Å². The molecule has 1 aliphatic rings. The summed E-state index contributed by atoms with van der Waals surface area (Å²) in [5, 5.41) is 10.4. The molecule has 0 saturated heterocycles. The van der Waals surface area contributed by atoms with Gasteiger partial charge in [0.05, 0.1) is 22.5 Å². The van der Waals surface area contributed by atoms with Crippen LogP contribution in [0.15, 0.2) is 41.4 Å². The Morgan fingerprint density at radius 2 is 1.79 bits per heavy atom. The largest absolute Gasteiger partial charge is 0.573 e. The fourth-order valence-corrected chi connectivity index (χ4v) is 5.79. The maximum absolute atomic E-state index is 12.9.